The molecule has 1 aliphatic heterocycles. The number of sulfonamides is 1. The molecule has 0 atom stereocenters. The number of hydrogen-bond donors (Lipinski definition) is 0. The molecule has 0 saturated carbocycles. The van der Waals surface area contributed by atoms with E-state index in [0.717, 1.165) is 19.8 Å². The van der Waals surface area contributed by atoms with E-state index >= 15 is 0 Å². The molecule has 0 spiro atoms. The Balaban J connectivity index is 1.47. The van der Waals surface area contributed by atoms with Gasteiger partial charge in [-0.1, -0.05) is 17.4 Å². The summed E-state index contributed by atoms with van der Waals surface area (Å²) >= 11 is 1.55. The Hall–Kier alpha value is -2.56. The zero-order valence-electron chi connectivity index (χ0n) is 16.1. The third kappa shape index (κ3) is 3.83. The maximum atomic E-state index is 12.9. The van der Waals surface area contributed by atoms with E-state index in [9.17, 15) is 13.2 Å². The van der Waals surface area contributed by atoms with Gasteiger partial charge in [-0.05, 0) is 30.3 Å². The first-order chi connectivity index (χ1) is 13.9. The molecule has 4 rings (SSSR count). The summed E-state index contributed by atoms with van der Waals surface area (Å²) in [6.45, 7) is 2.43. The lowest BCUT2D eigenvalue weighted by molar-refractivity contribution is 0.0746. The summed E-state index contributed by atoms with van der Waals surface area (Å²) in [5.74, 6) is -0.161. The van der Waals surface area contributed by atoms with Crippen LogP contribution in [0.5, 0.6) is 0 Å². The summed E-state index contributed by atoms with van der Waals surface area (Å²) in [6, 6.07) is 10.0. The fourth-order valence-electron chi connectivity index (χ4n) is 3.18. The van der Waals surface area contributed by atoms with Crippen molar-refractivity contribution in [1.82, 2.24) is 19.2 Å². The first kappa shape index (κ1) is 19.7. The Bertz CT molecular complexity index is 1120. The average Bonchev–Trinajstić information content (AvgIpc) is 3.17. The molecule has 0 aliphatic carbocycles. The van der Waals surface area contributed by atoms with Crippen LogP contribution in [0.1, 0.15) is 10.4 Å². The molecule has 1 aromatic carbocycles. The molecule has 0 bridgehead atoms. The van der Waals surface area contributed by atoms with Crippen molar-refractivity contribution < 1.29 is 13.2 Å². The zero-order valence-corrected chi connectivity index (χ0v) is 17.8. The van der Waals surface area contributed by atoms with E-state index in [4.69, 9.17) is 0 Å². The van der Waals surface area contributed by atoms with E-state index in [2.05, 4.69) is 14.9 Å². The Morgan fingerprint density at radius 3 is 2.55 bits per heavy atom. The molecule has 1 saturated heterocycles. The molecule has 0 unspecified atom stereocenters. The van der Waals surface area contributed by atoms with Crippen molar-refractivity contribution in [3.8, 4) is 0 Å². The molecule has 29 heavy (non-hydrogen) atoms. The van der Waals surface area contributed by atoms with Crippen molar-refractivity contribution in [2.24, 2.45) is 0 Å². The van der Waals surface area contributed by atoms with Crippen LogP contribution in [-0.2, 0) is 10.0 Å². The number of carbonyl (C=O) groups is 1. The number of nitrogens with zero attached hydrogens (tertiary/aromatic N) is 5. The van der Waals surface area contributed by atoms with Gasteiger partial charge in [0, 0.05) is 52.0 Å². The van der Waals surface area contributed by atoms with Gasteiger partial charge in [0.25, 0.3) is 5.91 Å². The fraction of sp³-hybridized carbons (Fsp3) is 0.316. The predicted octanol–water partition coefficient (Wildman–Crippen LogP) is 1.90. The molecule has 1 fully saturated rings. The molecule has 1 amide bonds. The molecule has 152 valence electrons. The fourth-order valence-corrected chi connectivity index (χ4v) is 5.09. The van der Waals surface area contributed by atoms with Gasteiger partial charge in [-0.2, -0.15) is 0 Å². The molecule has 3 aromatic rings. The number of fused-ring (bicyclic) bond motifs is 1. The molecular weight excluding hydrogens is 410 g/mol. The minimum atomic E-state index is -3.58. The van der Waals surface area contributed by atoms with Crippen LogP contribution < -0.4 is 4.90 Å². The average molecular weight is 432 g/mol. The summed E-state index contributed by atoms with van der Waals surface area (Å²) in [5, 5.41) is 0.907. The number of anilines is 1. The van der Waals surface area contributed by atoms with Crippen LogP contribution >= 0.6 is 11.3 Å². The summed E-state index contributed by atoms with van der Waals surface area (Å²) in [5.41, 5.74) is 1.26. The van der Waals surface area contributed by atoms with Gasteiger partial charge in [-0.15, -0.1) is 0 Å². The number of amides is 1. The predicted molar refractivity (Wildman–Crippen MR) is 113 cm³/mol. The standard InChI is InChI=1S/C19H21N5O3S2/c1-22(2)29(26,27)15-6-3-5-14(13-15)18(25)23-9-11-24(12-10-23)19-21-16-7-4-8-20-17(16)28-19/h3-8,13H,9-12H2,1-2H3. The second kappa shape index (κ2) is 7.69. The normalized spacial score (nSPS) is 15.3. The molecule has 3 heterocycles. The maximum absolute atomic E-state index is 12.9. The van der Waals surface area contributed by atoms with E-state index in [-0.39, 0.29) is 10.8 Å². The van der Waals surface area contributed by atoms with Crippen LogP contribution in [-0.4, -0.2) is 73.8 Å². The van der Waals surface area contributed by atoms with Crippen molar-refractivity contribution in [2.75, 3.05) is 45.2 Å². The maximum Gasteiger partial charge on any atom is 0.254 e. The van der Waals surface area contributed by atoms with Crippen LogP contribution in [0.25, 0.3) is 10.3 Å². The number of benzene rings is 1. The summed E-state index contributed by atoms with van der Waals surface area (Å²) in [6.07, 6.45) is 1.76. The Kier molecular flexibility index (Phi) is 5.24. The Morgan fingerprint density at radius 2 is 1.86 bits per heavy atom. The number of piperazine rings is 1. The first-order valence-electron chi connectivity index (χ1n) is 9.14. The highest BCUT2D eigenvalue weighted by Crippen LogP contribution is 2.28. The number of aromatic nitrogens is 2. The third-order valence-electron chi connectivity index (χ3n) is 4.85. The minimum Gasteiger partial charge on any atom is -0.344 e. The first-order valence-corrected chi connectivity index (χ1v) is 11.4. The highest BCUT2D eigenvalue weighted by molar-refractivity contribution is 7.89. The van der Waals surface area contributed by atoms with Crippen LogP contribution in [0.15, 0.2) is 47.5 Å². The lowest BCUT2D eigenvalue weighted by Crippen LogP contribution is -2.48. The van der Waals surface area contributed by atoms with Crippen LogP contribution in [0.4, 0.5) is 5.13 Å². The second-order valence-electron chi connectivity index (χ2n) is 6.92. The van der Waals surface area contributed by atoms with Gasteiger partial charge in [0.1, 0.15) is 10.3 Å². The Morgan fingerprint density at radius 1 is 1.10 bits per heavy atom. The van der Waals surface area contributed by atoms with Crippen LogP contribution in [0.2, 0.25) is 0 Å². The summed E-state index contributed by atoms with van der Waals surface area (Å²) in [7, 11) is -0.634. The number of rotatable bonds is 4. The minimum absolute atomic E-state index is 0.119. The van der Waals surface area contributed by atoms with Gasteiger partial charge in [0.2, 0.25) is 10.0 Å². The zero-order chi connectivity index (χ0) is 20.6. The van der Waals surface area contributed by atoms with Crippen molar-refractivity contribution >= 4 is 42.7 Å². The van der Waals surface area contributed by atoms with Gasteiger partial charge in [-0.3, -0.25) is 4.79 Å². The van der Waals surface area contributed by atoms with E-state index < -0.39 is 10.0 Å². The molecule has 10 heteroatoms. The van der Waals surface area contributed by atoms with Gasteiger partial charge < -0.3 is 9.80 Å². The van der Waals surface area contributed by atoms with Gasteiger partial charge in [0.15, 0.2) is 5.13 Å². The quantitative estimate of drug-likeness (QED) is 0.627. The summed E-state index contributed by atoms with van der Waals surface area (Å²) in [4.78, 5) is 26.8. The van der Waals surface area contributed by atoms with Gasteiger partial charge in [0.05, 0.1) is 4.90 Å². The van der Waals surface area contributed by atoms with E-state index in [1.54, 1.807) is 34.6 Å². The van der Waals surface area contributed by atoms with E-state index in [1.165, 1.54) is 26.2 Å². The van der Waals surface area contributed by atoms with Crippen LogP contribution in [0.3, 0.4) is 0 Å². The lowest BCUT2D eigenvalue weighted by Gasteiger charge is -2.34. The monoisotopic (exact) mass is 431 g/mol. The lowest BCUT2D eigenvalue weighted by atomic mass is 10.2. The molecule has 0 radical (unpaired) electrons. The molecule has 0 N–H and O–H groups in total. The number of carbonyl (C=O) groups excluding carboxylic acids is 1. The SMILES string of the molecule is CN(C)S(=O)(=O)c1cccc(C(=O)N2CCN(c3nc4cccnc4s3)CC2)c1. The molecule has 8 nitrogen and oxygen atoms in total. The van der Waals surface area contributed by atoms with Crippen molar-refractivity contribution in [1.29, 1.82) is 0 Å². The second-order valence-corrected chi connectivity index (χ2v) is 10.0. The number of pyridine rings is 1. The molecule has 1 aliphatic rings. The third-order valence-corrected chi connectivity index (χ3v) is 7.70. The number of thiazole rings is 1. The highest BCUT2D eigenvalue weighted by atomic mass is 32.2. The largest absolute Gasteiger partial charge is 0.344 e. The van der Waals surface area contributed by atoms with Crippen molar-refractivity contribution in [2.45, 2.75) is 4.90 Å². The van der Waals surface area contributed by atoms with Crippen molar-refractivity contribution in [3.63, 3.8) is 0 Å². The molecule has 2 aromatic heterocycles. The number of hydrogen-bond acceptors (Lipinski definition) is 7. The Labute approximate surface area is 173 Å². The highest BCUT2D eigenvalue weighted by Gasteiger charge is 2.25. The van der Waals surface area contributed by atoms with Gasteiger partial charge >= 0.3 is 0 Å². The summed E-state index contributed by atoms with van der Waals surface area (Å²) < 4.78 is 25.8. The topological polar surface area (TPSA) is 86.7 Å². The van der Waals surface area contributed by atoms with Gasteiger partial charge in [-0.25, -0.2) is 22.7 Å². The van der Waals surface area contributed by atoms with Crippen molar-refractivity contribution in [3.05, 3.63) is 48.2 Å². The van der Waals surface area contributed by atoms with E-state index in [1.807, 2.05) is 12.1 Å². The smallest absolute Gasteiger partial charge is 0.254 e. The molecular formula is C19H21N5O3S2. The van der Waals surface area contributed by atoms with E-state index in [0.29, 0.717) is 31.7 Å². The van der Waals surface area contributed by atoms with Crippen LogP contribution in [0, 0.1) is 0 Å².